The fraction of sp³-hybridized carbons (Fsp3) is 0.242. The third-order valence-corrected chi connectivity index (χ3v) is 8.42. The van der Waals surface area contributed by atoms with Crippen molar-refractivity contribution in [2.75, 3.05) is 42.8 Å². The molecule has 0 spiro atoms. The lowest BCUT2D eigenvalue weighted by atomic mass is 9.83. The average molecular weight is 599 g/mol. The molecule has 1 aromatic heterocycles. The molecular formula is C33H31ClN4O5. The molecule has 220 valence electrons. The number of methoxy groups -OCH3 is 2. The second-order valence-corrected chi connectivity index (χ2v) is 11.2. The number of amides is 2. The summed E-state index contributed by atoms with van der Waals surface area (Å²) in [6.45, 7) is 2.03. The Morgan fingerprint density at radius 2 is 1.65 bits per heavy atom. The Kier molecular flexibility index (Phi) is 7.82. The molecule has 9 nitrogen and oxygen atoms in total. The molecule has 43 heavy (non-hydrogen) atoms. The molecule has 4 aromatic rings. The zero-order valence-electron chi connectivity index (χ0n) is 23.8. The van der Waals surface area contributed by atoms with E-state index >= 15 is 0 Å². The number of benzene rings is 3. The molecule has 10 heteroatoms. The molecule has 2 atom stereocenters. The molecule has 0 aliphatic carbocycles. The average Bonchev–Trinajstić information content (AvgIpc) is 3.01. The van der Waals surface area contributed by atoms with Crippen LogP contribution in [0.4, 0.5) is 17.1 Å². The van der Waals surface area contributed by atoms with Crippen LogP contribution in [0.25, 0.3) is 0 Å². The molecule has 2 aliphatic rings. The van der Waals surface area contributed by atoms with Gasteiger partial charge in [-0.25, -0.2) is 0 Å². The maximum atomic E-state index is 13.4. The molecule has 0 radical (unpaired) electrons. The first-order valence-electron chi connectivity index (χ1n) is 14.0. The molecule has 1 saturated heterocycles. The first kappa shape index (κ1) is 28.4. The van der Waals surface area contributed by atoms with Crippen LogP contribution in [0.5, 0.6) is 11.5 Å². The van der Waals surface area contributed by atoms with Gasteiger partial charge in [-0.1, -0.05) is 29.8 Å². The Balaban J connectivity index is 1.33. The first-order chi connectivity index (χ1) is 20.8. The second-order valence-electron chi connectivity index (χ2n) is 10.8. The lowest BCUT2D eigenvalue weighted by Gasteiger charge is -2.44. The zero-order chi connectivity index (χ0) is 30.1. The summed E-state index contributed by atoms with van der Waals surface area (Å²) in [5.41, 5.74) is 3.58. The van der Waals surface area contributed by atoms with Crippen LogP contribution < -0.4 is 30.6 Å². The van der Waals surface area contributed by atoms with Crippen LogP contribution in [0, 0.1) is 5.92 Å². The second kappa shape index (κ2) is 11.9. The Morgan fingerprint density at radius 3 is 2.44 bits per heavy atom. The van der Waals surface area contributed by atoms with E-state index in [1.54, 1.807) is 67.8 Å². The number of fused-ring (bicyclic) bond motifs is 4. The SMILES string of the molecule is COc1ccc(NC(=O)c2ccc(N3CC4CC(C3)c3cccc(=O)n3C4)c(NC(=O)c3ccccc3Cl)c2)cc1OC. The van der Waals surface area contributed by atoms with Gasteiger partial charge in [-0.15, -0.1) is 0 Å². The van der Waals surface area contributed by atoms with Gasteiger partial charge in [0.2, 0.25) is 0 Å². The largest absolute Gasteiger partial charge is 0.493 e. The molecule has 2 aliphatic heterocycles. The van der Waals surface area contributed by atoms with Crippen molar-refractivity contribution in [3.63, 3.8) is 0 Å². The minimum Gasteiger partial charge on any atom is -0.493 e. The zero-order valence-corrected chi connectivity index (χ0v) is 24.6. The number of nitrogens with zero attached hydrogens (tertiary/aromatic N) is 2. The summed E-state index contributed by atoms with van der Waals surface area (Å²) in [6, 6.07) is 22.7. The van der Waals surface area contributed by atoms with Gasteiger partial charge in [0.15, 0.2) is 11.5 Å². The Morgan fingerprint density at radius 1 is 0.837 bits per heavy atom. The van der Waals surface area contributed by atoms with Gasteiger partial charge in [0, 0.05) is 54.6 Å². The van der Waals surface area contributed by atoms with Crippen molar-refractivity contribution >= 4 is 40.5 Å². The number of rotatable bonds is 7. The summed E-state index contributed by atoms with van der Waals surface area (Å²) in [5.74, 6) is 0.748. The van der Waals surface area contributed by atoms with Crippen molar-refractivity contribution in [3.05, 3.63) is 111 Å². The van der Waals surface area contributed by atoms with Crippen LogP contribution in [-0.2, 0) is 6.54 Å². The molecule has 1 fully saturated rings. The van der Waals surface area contributed by atoms with E-state index in [1.165, 1.54) is 7.11 Å². The highest BCUT2D eigenvalue weighted by molar-refractivity contribution is 6.34. The van der Waals surface area contributed by atoms with E-state index < -0.39 is 0 Å². The van der Waals surface area contributed by atoms with Crippen LogP contribution in [0.15, 0.2) is 83.7 Å². The smallest absolute Gasteiger partial charge is 0.257 e. The lowest BCUT2D eigenvalue weighted by Crippen LogP contribution is -2.47. The van der Waals surface area contributed by atoms with Gasteiger partial charge in [0.1, 0.15) is 0 Å². The number of pyridine rings is 1. The number of anilines is 3. The molecule has 0 saturated carbocycles. The Labute approximate surface area is 254 Å². The third kappa shape index (κ3) is 5.68. The number of hydrogen-bond acceptors (Lipinski definition) is 6. The van der Waals surface area contributed by atoms with Gasteiger partial charge in [0.25, 0.3) is 17.4 Å². The number of nitrogens with one attached hydrogen (secondary N) is 2. The van der Waals surface area contributed by atoms with Gasteiger partial charge in [-0.3, -0.25) is 14.4 Å². The standard InChI is InChI=1S/C33H31ClN4O5/c1-42-29-13-11-23(16-30(29)43-2)35-32(40)21-10-12-28(26(15-21)36-33(41)24-6-3-4-7-25(24)34)37-17-20-14-22(19-37)27-8-5-9-31(39)38(27)18-20/h3-13,15-16,20,22H,14,17-19H2,1-2H3,(H,35,40)(H,36,41). The van der Waals surface area contributed by atoms with Crippen LogP contribution in [-0.4, -0.2) is 43.7 Å². The van der Waals surface area contributed by atoms with Crippen molar-refractivity contribution < 1.29 is 19.1 Å². The number of piperidine rings is 1. The summed E-state index contributed by atoms with van der Waals surface area (Å²) >= 11 is 6.34. The molecule has 3 aromatic carbocycles. The molecule has 2 unspecified atom stereocenters. The Hall–Kier alpha value is -4.76. The molecule has 2 amide bonds. The van der Waals surface area contributed by atoms with Gasteiger partial charge in [-0.2, -0.15) is 0 Å². The van der Waals surface area contributed by atoms with E-state index in [-0.39, 0.29) is 29.2 Å². The van der Waals surface area contributed by atoms with Crippen molar-refractivity contribution in [1.29, 1.82) is 0 Å². The van der Waals surface area contributed by atoms with E-state index in [4.69, 9.17) is 21.1 Å². The summed E-state index contributed by atoms with van der Waals surface area (Å²) in [5, 5.41) is 6.25. The predicted molar refractivity (Wildman–Crippen MR) is 167 cm³/mol. The summed E-state index contributed by atoms with van der Waals surface area (Å²) in [4.78, 5) is 41.5. The van der Waals surface area contributed by atoms with Crippen LogP contribution in [0.3, 0.4) is 0 Å². The topological polar surface area (TPSA) is 102 Å². The Bertz CT molecular complexity index is 1770. The quantitative estimate of drug-likeness (QED) is 0.285. The van der Waals surface area contributed by atoms with Gasteiger partial charge >= 0.3 is 0 Å². The van der Waals surface area contributed by atoms with Crippen molar-refractivity contribution in [3.8, 4) is 11.5 Å². The highest BCUT2D eigenvalue weighted by Gasteiger charge is 2.35. The summed E-state index contributed by atoms with van der Waals surface area (Å²) in [7, 11) is 3.08. The van der Waals surface area contributed by atoms with Crippen molar-refractivity contribution in [2.45, 2.75) is 18.9 Å². The first-order valence-corrected chi connectivity index (χ1v) is 14.4. The normalized spacial score (nSPS) is 17.0. The molecular weight excluding hydrogens is 568 g/mol. The summed E-state index contributed by atoms with van der Waals surface area (Å²) < 4.78 is 12.5. The van der Waals surface area contributed by atoms with Gasteiger partial charge in [0.05, 0.1) is 36.2 Å². The highest BCUT2D eigenvalue weighted by atomic mass is 35.5. The van der Waals surface area contributed by atoms with Gasteiger partial charge < -0.3 is 29.6 Å². The minimum atomic E-state index is -0.376. The van der Waals surface area contributed by atoms with Crippen LogP contribution >= 0.6 is 11.6 Å². The fourth-order valence-electron chi connectivity index (χ4n) is 6.10. The third-order valence-electron chi connectivity index (χ3n) is 8.09. The number of halogens is 1. The number of carbonyl (C=O) groups excluding carboxylic acids is 2. The van der Waals surface area contributed by atoms with Crippen molar-refractivity contribution in [2.24, 2.45) is 5.92 Å². The number of carbonyl (C=O) groups is 2. The lowest BCUT2D eigenvalue weighted by molar-refractivity contribution is 0.101. The minimum absolute atomic E-state index is 0.0261. The van der Waals surface area contributed by atoms with Gasteiger partial charge in [-0.05, 0) is 60.9 Å². The highest BCUT2D eigenvalue weighted by Crippen LogP contribution is 2.40. The fourth-order valence-corrected chi connectivity index (χ4v) is 6.32. The predicted octanol–water partition coefficient (Wildman–Crippen LogP) is 5.65. The van der Waals surface area contributed by atoms with E-state index in [0.717, 1.165) is 17.8 Å². The molecule has 2 N–H and O–H groups in total. The molecule has 2 bridgehead atoms. The molecule has 3 heterocycles. The van der Waals surface area contributed by atoms with E-state index in [1.807, 2.05) is 22.8 Å². The van der Waals surface area contributed by atoms with Crippen LogP contribution in [0.1, 0.15) is 38.7 Å². The van der Waals surface area contributed by atoms with Crippen molar-refractivity contribution in [1.82, 2.24) is 4.57 Å². The maximum absolute atomic E-state index is 13.4. The monoisotopic (exact) mass is 598 g/mol. The number of aromatic nitrogens is 1. The number of hydrogen-bond donors (Lipinski definition) is 2. The van der Waals surface area contributed by atoms with E-state index in [2.05, 4.69) is 15.5 Å². The van der Waals surface area contributed by atoms with E-state index in [9.17, 15) is 14.4 Å². The summed E-state index contributed by atoms with van der Waals surface area (Å²) in [6.07, 6.45) is 0.993. The van der Waals surface area contributed by atoms with Crippen LogP contribution in [0.2, 0.25) is 5.02 Å². The number of ether oxygens (including phenoxy) is 2. The maximum Gasteiger partial charge on any atom is 0.257 e. The molecule has 6 rings (SSSR count). The van der Waals surface area contributed by atoms with E-state index in [0.29, 0.717) is 58.7 Å².